The van der Waals surface area contributed by atoms with E-state index >= 15 is 0 Å². The van der Waals surface area contributed by atoms with Crippen molar-refractivity contribution in [2.75, 3.05) is 10.6 Å². The molecule has 0 amide bonds. The Morgan fingerprint density at radius 1 is 1.04 bits per heavy atom. The molecular formula is C18H21N5O. The quantitative estimate of drug-likeness (QED) is 0.740. The highest BCUT2D eigenvalue weighted by Gasteiger charge is 2.14. The van der Waals surface area contributed by atoms with Crippen LogP contribution in [0.15, 0.2) is 53.3 Å². The van der Waals surface area contributed by atoms with Gasteiger partial charge in [0.2, 0.25) is 5.95 Å². The molecule has 0 bridgehead atoms. The standard InChI is InChI=1S/C18H21N5O/c1-18(2,3)23-17-21-15(14-8-4-5-9-19-14)11-16(22-17)20-12-13-7-6-10-24-13/h4-11H,12H2,1-3H3,(H2,20,21,22,23). The van der Waals surface area contributed by atoms with Crippen LogP contribution in [0.5, 0.6) is 0 Å². The van der Waals surface area contributed by atoms with Gasteiger partial charge >= 0.3 is 0 Å². The van der Waals surface area contributed by atoms with Crippen LogP contribution in [-0.4, -0.2) is 20.5 Å². The van der Waals surface area contributed by atoms with E-state index < -0.39 is 0 Å². The summed E-state index contributed by atoms with van der Waals surface area (Å²) in [6, 6.07) is 11.4. The second kappa shape index (κ2) is 6.70. The molecule has 6 nitrogen and oxygen atoms in total. The lowest BCUT2D eigenvalue weighted by Crippen LogP contribution is -2.27. The monoisotopic (exact) mass is 323 g/mol. The number of rotatable bonds is 5. The number of aromatic nitrogens is 3. The summed E-state index contributed by atoms with van der Waals surface area (Å²) in [7, 11) is 0. The molecule has 0 saturated heterocycles. The molecule has 0 spiro atoms. The minimum absolute atomic E-state index is 0.138. The summed E-state index contributed by atoms with van der Waals surface area (Å²) in [5.41, 5.74) is 1.43. The molecule has 0 aromatic carbocycles. The number of hydrogen-bond acceptors (Lipinski definition) is 6. The van der Waals surface area contributed by atoms with Crippen molar-refractivity contribution in [2.24, 2.45) is 0 Å². The van der Waals surface area contributed by atoms with Crippen LogP contribution in [0.2, 0.25) is 0 Å². The normalized spacial score (nSPS) is 11.3. The molecule has 124 valence electrons. The van der Waals surface area contributed by atoms with Gasteiger partial charge in [-0.2, -0.15) is 4.98 Å². The first-order valence-electron chi connectivity index (χ1n) is 7.84. The van der Waals surface area contributed by atoms with Crippen molar-refractivity contribution >= 4 is 11.8 Å². The van der Waals surface area contributed by atoms with E-state index in [9.17, 15) is 0 Å². The third kappa shape index (κ3) is 4.32. The number of anilines is 2. The van der Waals surface area contributed by atoms with Crippen molar-refractivity contribution in [3.63, 3.8) is 0 Å². The maximum absolute atomic E-state index is 5.35. The summed E-state index contributed by atoms with van der Waals surface area (Å²) in [6.45, 7) is 6.76. The number of hydrogen-bond donors (Lipinski definition) is 2. The molecule has 6 heteroatoms. The lowest BCUT2D eigenvalue weighted by molar-refractivity contribution is 0.518. The number of nitrogens with zero attached hydrogens (tertiary/aromatic N) is 3. The van der Waals surface area contributed by atoms with Crippen LogP contribution in [0.1, 0.15) is 26.5 Å². The molecule has 3 rings (SSSR count). The summed E-state index contributed by atoms with van der Waals surface area (Å²) in [6.07, 6.45) is 3.41. The van der Waals surface area contributed by atoms with E-state index in [1.165, 1.54) is 0 Å². The smallest absolute Gasteiger partial charge is 0.225 e. The molecule has 3 heterocycles. The Hall–Kier alpha value is -2.89. The second-order valence-electron chi connectivity index (χ2n) is 6.48. The van der Waals surface area contributed by atoms with Crippen LogP contribution in [0.3, 0.4) is 0 Å². The molecule has 0 aliphatic heterocycles. The molecule has 3 aromatic heterocycles. The minimum atomic E-state index is -0.138. The first kappa shape index (κ1) is 16.0. The Balaban J connectivity index is 1.90. The van der Waals surface area contributed by atoms with E-state index in [-0.39, 0.29) is 5.54 Å². The first-order chi connectivity index (χ1) is 11.5. The highest BCUT2D eigenvalue weighted by molar-refractivity contribution is 5.61. The molecule has 0 fully saturated rings. The zero-order valence-corrected chi connectivity index (χ0v) is 14.1. The summed E-state index contributed by atoms with van der Waals surface area (Å²) in [5.74, 6) is 2.12. The average molecular weight is 323 g/mol. The Bertz CT molecular complexity index is 779. The van der Waals surface area contributed by atoms with E-state index in [1.807, 2.05) is 36.4 Å². The minimum Gasteiger partial charge on any atom is -0.467 e. The van der Waals surface area contributed by atoms with Gasteiger partial charge in [-0.15, -0.1) is 0 Å². The van der Waals surface area contributed by atoms with Gasteiger partial charge in [-0.1, -0.05) is 6.07 Å². The van der Waals surface area contributed by atoms with E-state index in [0.717, 1.165) is 17.1 Å². The Kier molecular flexibility index (Phi) is 4.46. The van der Waals surface area contributed by atoms with Gasteiger partial charge in [0.1, 0.15) is 11.6 Å². The van der Waals surface area contributed by atoms with E-state index in [4.69, 9.17) is 4.42 Å². The van der Waals surface area contributed by atoms with Crippen LogP contribution in [0, 0.1) is 0 Å². The molecule has 0 unspecified atom stereocenters. The van der Waals surface area contributed by atoms with Crippen molar-refractivity contribution in [1.82, 2.24) is 15.0 Å². The fourth-order valence-electron chi connectivity index (χ4n) is 2.17. The van der Waals surface area contributed by atoms with E-state index in [1.54, 1.807) is 12.5 Å². The lowest BCUT2D eigenvalue weighted by atomic mass is 10.1. The summed E-state index contributed by atoms with van der Waals surface area (Å²) in [4.78, 5) is 13.5. The number of nitrogens with one attached hydrogen (secondary N) is 2. The lowest BCUT2D eigenvalue weighted by Gasteiger charge is -2.21. The van der Waals surface area contributed by atoms with Crippen LogP contribution in [0.4, 0.5) is 11.8 Å². The molecular weight excluding hydrogens is 302 g/mol. The van der Waals surface area contributed by atoms with Crippen LogP contribution >= 0.6 is 0 Å². The van der Waals surface area contributed by atoms with Gasteiger partial charge in [0.25, 0.3) is 0 Å². The summed E-state index contributed by atoms with van der Waals surface area (Å²) >= 11 is 0. The van der Waals surface area contributed by atoms with Crippen molar-refractivity contribution in [1.29, 1.82) is 0 Å². The van der Waals surface area contributed by atoms with Gasteiger partial charge in [0.15, 0.2) is 0 Å². The van der Waals surface area contributed by atoms with Crippen molar-refractivity contribution in [3.8, 4) is 11.4 Å². The van der Waals surface area contributed by atoms with Crippen LogP contribution in [-0.2, 0) is 6.54 Å². The Morgan fingerprint density at radius 2 is 1.92 bits per heavy atom. The Morgan fingerprint density at radius 3 is 2.58 bits per heavy atom. The molecule has 0 aliphatic rings. The molecule has 2 N–H and O–H groups in total. The molecule has 0 aliphatic carbocycles. The van der Waals surface area contributed by atoms with E-state index in [0.29, 0.717) is 18.3 Å². The highest BCUT2D eigenvalue weighted by atomic mass is 16.3. The molecule has 0 saturated carbocycles. The van der Waals surface area contributed by atoms with Gasteiger partial charge in [-0.25, -0.2) is 4.98 Å². The SMILES string of the molecule is CC(C)(C)Nc1nc(NCc2ccco2)cc(-c2ccccn2)n1. The molecule has 0 radical (unpaired) electrons. The van der Waals surface area contributed by atoms with Crippen LogP contribution < -0.4 is 10.6 Å². The number of furan rings is 1. The largest absolute Gasteiger partial charge is 0.467 e. The van der Waals surface area contributed by atoms with Gasteiger partial charge in [0, 0.05) is 17.8 Å². The maximum atomic E-state index is 5.35. The first-order valence-corrected chi connectivity index (χ1v) is 7.84. The predicted molar refractivity (Wildman–Crippen MR) is 94.7 cm³/mol. The third-order valence-electron chi connectivity index (χ3n) is 3.16. The maximum Gasteiger partial charge on any atom is 0.225 e. The van der Waals surface area contributed by atoms with Gasteiger partial charge in [-0.3, -0.25) is 4.98 Å². The van der Waals surface area contributed by atoms with Crippen molar-refractivity contribution in [3.05, 3.63) is 54.6 Å². The fraction of sp³-hybridized carbons (Fsp3) is 0.278. The fourth-order valence-corrected chi connectivity index (χ4v) is 2.17. The summed E-state index contributed by atoms with van der Waals surface area (Å²) in [5, 5.41) is 6.58. The predicted octanol–water partition coefficient (Wildman–Crippen LogP) is 3.95. The van der Waals surface area contributed by atoms with Crippen molar-refractivity contribution < 1.29 is 4.42 Å². The van der Waals surface area contributed by atoms with Gasteiger partial charge in [-0.05, 0) is 45.0 Å². The topological polar surface area (TPSA) is 75.9 Å². The molecule has 24 heavy (non-hydrogen) atoms. The van der Waals surface area contributed by atoms with Crippen molar-refractivity contribution in [2.45, 2.75) is 32.9 Å². The molecule has 0 atom stereocenters. The van der Waals surface area contributed by atoms with Crippen LogP contribution in [0.25, 0.3) is 11.4 Å². The zero-order valence-electron chi connectivity index (χ0n) is 14.1. The van der Waals surface area contributed by atoms with Gasteiger partial charge < -0.3 is 15.1 Å². The highest BCUT2D eigenvalue weighted by Crippen LogP contribution is 2.21. The Labute approximate surface area is 141 Å². The second-order valence-corrected chi connectivity index (χ2v) is 6.48. The molecule has 3 aromatic rings. The third-order valence-corrected chi connectivity index (χ3v) is 3.16. The average Bonchev–Trinajstić information content (AvgIpc) is 3.05. The summed E-state index contributed by atoms with van der Waals surface area (Å²) < 4.78 is 5.35. The van der Waals surface area contributed by atoms with Gasteiger partial charge in [0.05, 0.1) is 24.2 Å². The van der Waals surface area contributed by atoms with E-state index in [2.05, 4.69) is 46.4 Å². The zero-order chi connectivity index (χ0) is 17.0. The number of pyridine rings is 1.